The first kappa shape index (κ1) is 21.6. The molecule has 0 amide bonds. The van der Waals surface area contributed by atoms with Crippen molar-refractivity contribution in [2.45, 2.75) is 30.7 Å². The normalized spacial score (nSPS) is 11.3. The van der Waals surface area contributed by atoms with Crippen LogP contribution in [0.15, 0.2) is 87.1 Å². The Hall–Kier alpha value is -3.58. The quantitative estimate of drug-likeness (QED) is 0.377. The van der Waals surface area contributed by atoms with Gasteiger partial charge in [-0.1, -0.05) is 24.3 Å². The molecule has 0 aliphatic rings. The molecule has 7 heteroatoms. The zero-order valence-corrected chi connectivity index (χ0v) is 18.9. The number of ether oxygens (including phenoxy) is 1. The summed E-state index contributed by atoms with van der Waals surface area (Å²) in [5.74, 6) is 0.991. The Morgan fingerprint density at radius 2 is 1.59 bits per heavy atom. The van der Waals surface area contributed by atoms with E-state index in [2.05, 4.69) is 10.3 Å². The molecule has 6 nitrogen and oxygen atoms in total. The molecule has 0 radical (unpaired) electrons. The molecule has 0 aliphatic carbocycles. The van der Waals surface area contributed by atoms with Gasteiger partial charge in [0.1, 0.15) is 5.75 Å². The maximum absolute atomic E-state index is 13.4. The summed E-state index contributed by atoms with van der Waals surface area (Å²) >= 11 is 0. The minimum atomic E-state index is -3.91. The maximum atomic E-state index is 13.4. The number of anilines is 2. The molecular weight excluding hydrogens is 424 g/mol. The van der Waals surface area contributed by atoms with E-state index in [9.17, 15) is 8.42 Å². The highest BCUT2D eigenvalue weighted by Crippen LogP contribution is 2.34. The van der Waals surface area contributed by atoms with Crippen LogP contribution < -0.4 is 10.1 Å². The van der Waals surface area contributed by atoms with Crippen molar-refractivity contribution in [1.82, 2.24) is 4.98 Å². The van der Waals surface area contributed by atoms with Gasteiger partial charge >= 0.3 is 0 Å². The number of nitrogens with one attached hydrogen (secondary N) is 1. The van der Waals surface area contributed by atoms with Crippen molar-refractivity contribution in [3.8, 4) is 17.2 Å². The van der Waals surface area contributed by atoms with Gasteiger partial charge < -0.3 is 14.5 Å². The number of rotatable bonds is 7. The van der Waals surface area contributed by atoms with Crippen molar-refractivity contribution < 1.29 is 17.6 Å². The molecule has 1 heterocycles. The molecule has 0 saturated heterocycles. The molecule has 0 aliphatic heterocycles. The first-order valence-electron chi connectivity index (χ1n) is 10.3. The largest absolute Gasteiger partial charge is 0.494 e. The predicted octanol–water partition coefficient (Wildman–Crippen LogP) is 5.93. The molecule has 0 atom stereocenters. The molecule has 0 bridgehead atoms. The Morgan fingerprint density at radius 1 is 0.938 bits per heavy atom. The van der Waals surface area contributed by atoms with Gasteiger partial charge in [0.15, 0.2) is 0 Å². The van der Waals surface area contributed by atoms with Crippen molar-refractivity contribution in [3.63, 3.8) is 0 Å². The summed E-state index contributed by atoms with van der Waals surface area (Å²) in [4.78, 5) is 4.54. The van der Waals surface area contributed by atoms with Gasteiger partial charge in [0.25, 0.3) is 0 Å². The number of nitrogens with zero attached hydrogens (tertiary/aromatic N) is 1. The Morgan fingerprint density at radius 3 is 2.22 bits per heavy atom. The molecule has 3 aromatic carbocycles. The molecule has 32 heavy (non-hydrogen) atoms. The highest BCUT2D eigenvalue weighted by Gasteiger charge is 2.28. The van der Waals surface area contributed by atoms with Crippen molar-refractivity contribution in [2.24, 2.45) is 0 Å². The summed E-state index contributed by atoms with van der Waals surface area (Å²) in [6, 6.07) is 21.3. The molecular formula is C25H24N2O4S. The summed E-state index contributed by atoms with van der Waals surface area (Å²) in [6.07, 6.45) is 0. The van der Waals surface area contributed by atoms with Crippen LogP contribution in [0.2, 0.25) is 0 Å². The van der Waals surface area contributed by atoms with Crippen molar-refractivity contribution >= 4 is 21.4 Å². The van der Waals surface area contributed by atoms with Crippen molar-refractivity contribution in [2.75, 3.05) is 11.9 Å². The van der Waals surface area contributed by atoms with Gasteiger partial charge in [0.05, 0.1) is 11.5 Å². The summed E-state index contributed by atoms with van der Waals surface area (Å²) in [5.41, 5.74) is 3.46. The number of hydrogen-bond acceptors (Lipinski definition) is 6. The summed E-state index contributed by atoms with van der Waals surface area (Å²) in [5, 5.41) is 2.96. The van der Waals surface area contributed by atoms with Gasteiger partial charge in [-0.25, -0.2) is 8.42 Å². The SMILES string of the molecule is CCOc1ccc(-c2nc(S(=O)(=O)c3ccccc3)c(Nc3cc(C)cc(C)c3)o2)cc1. The van der Waals surface area contributed by atoms with Gasteiger partial charge in [0, 0.05) is 11.3 Å². The average molecular weight is 449 g/mol. The number of benzene rings is 3. The summed E-state index contributed by atoms with van der Waals surface area (Å²) < 4.78 is 38.2. The Kier molecular flexibility index (Phi) is 6.01. The summed E-state index contributed by atoms with van der Waals surface area (Å²) in [7, 11) is -3.91. The Bertz CT molecular complexity index is 1310. The summed E-state index contributed by atoms with van der Waals surface area (Å²) in [6.45, 7) is 6.42. The first-order valence-corrected chi connectivity index (χ1v) is 11.7. The maximum Gasteiger partial charge on any atom is 0.238 e. The van der Waals surface area contributed by atoms with E-state index in [1.54, 1.807) is 54.6 Å². The molecule has 4 rings (SSSR count). The van der Waals surface area contributed by atoms with Crippen LogP contribution in [0.4, 0.5) is 11.6 Å². The second-order valence-electron chi connectivity index (χ2n) is 7.43. The lowest BCUT2D eigenvalue weighted by Gasteiger charge is -2.08. The topological polar surface area (TPSA) is 81.4 Å². The van der Waals surface area contributed by atoms with Gasteiger partial charge in [0.2, 0.25) is 26.6 Å². The van der Waals surface area contributed by atoms with E-state index in [0.717, 1.165) is 16.8 Å². The molecule has 1 aromatic heterocycles. The number of aromatic nitrogens is 1. The minimum Gasteiger partial charge on any atom is -0.494 e. The van der Waals surface area contributed by atoms with E-state index >= 15 is 0 Å². The van der Waals surface area contributed by atoms with Crippen LogP contribution in [0, 0.1) is 13.8 Å². The van der Waals surface area contributed by atoms with Crippen LogP contribution >= 0.6 is 0 Å². The fraction of sp³-hybridized carbons (Fsp3) is 0.160. The molecule has 1 N–H and O–H groups in total. The van der Waals surface area contributed by atoms with E-state index in [-0.39, 0.29) is 21.7 Å². The van der Waals surface area contributed by atoms with Gasteiger partial charge in [-0.05, 0) is 80.4 Å². The van der Waals surface area contributed by atoms with Crippen LogP contribution in [-0.2, 0) is 9.84 Å². The molecule has 164 valence electrons. The van der Waals surface area contributed by atoms with Gasteiger partial charge in [-0.15, -0.1) is 0 Å². The highest BCUT2D eigenvalue weighted by molar-refractivity contribution is 7.91. The first-order chi connectivity index (χ1) is 15.4. The predicted molar refractivity (Wildman–Crippen MR) is 124 cm³/mol. The monoisotopic (exact) mass is 448 g/mol. The van der Waals surface area contributed by atoms with Crippen LogP contribution in [-0.4, -0.2) is 20.0 Å². The van der Waals surface area contributed by atoms with Gasteiger partial charge in [-0.3, -0.25) is 0 Å². The zero-order chi connectivity index (χ0) is 22.7. The second-order valence-corrected chi connectivity index (χ2v) is 9.29. The number of hydrogen-bond donors (Lipinski definition) is 1. The Balaban J connectivity index is 1.81. The van der Waals surface area contributed by atoms with Crippen LogP contribution in [0.25, 0.3) is 11.5 Å². The molecule has 0 spiro atoms. The van der Waals surface area contributed by atoms with Crippen LogP contribution in [0.3, 0.4) is 0 Å². The molecule has 0 saturated carbocycles. The van der Waals surface area contributed by atoms with Gasteiger partial charge in [-0.2, -0.15) is 4.98 Å². The number of oxazole rings is 1. The molecule has 0 unspecified atom stereocenters. The third-order valence-corrected chi connectivity index (χ3v) is 6.47. The van der Waals surface area contributed by atoms with Crippen LogP contribution in [0.5, 0.6) is 5.75 Å². The lowest BCUT2D eigenvalue weighted by Crippen LogP contribution is -2.05. The lowest BCUT2D eigenvalue weighted by atomic mass is 10.1. The van der Waals surface area contributed by atoms with Crippen molar-refractivity contribution in [3.05, 3.63) is 83.9 Å². The highest BCUT2D eigenvalue weighted by atomic mass is 32.2. The van der Waals surface area contributed by atoms with E-state index in [1.807, 2.05) is 39.0 Å². The van der Waals surface area contributed by atoms with E-state index in [0.29, 0.717) is 17.9 Å². The average Bonchev–Trinajstić information content (AvgIpc) is 3.19. The third-order valence-electron chi connectivity index (χ3n) is 4.80. The van der Waals surface area contributed by atoms with E-state index < -0.39 is 9.84 Å². The smallest absolute Gasteiger partial charge is 0.238 e. The van der Waals surface area contributed by atoms with E-state index in [4.69, 9.17) is 9.15 Å². The third kappa shape index (κ3) is 4.53. The van der Waals surface area contributed by atoms with Crippen molar-refractivity contribution in [1.29, 1.82) is 0 Å². The number of aryl methyl sites for hydroxylation is 2. The zero-order valence-electron chi connectivity index (χ0n) is 18.1. The fourth-order valence-corrected chi connectivity index (χ4v) is 4.72. The second kappa shape index (κ2) is 8.88. The fourth-order valence-electron chi connectivity index (χ4n) is 3.44. The standard InChI is InChI=1S/C25H24N2O4S/c1-4-30-21-12-10-19(11-13-21)23-27-25(32(28,29)22-8-6-5-7-9-22)24(31-23)26-20-15-17(2)14-18(3)16-20/h5-16,26H,4H2,1-3H3. The minimum absolute atomic E-state index is 0.0720. The molecule has 4 aromatic rings. The number of sulfone groups is 1. The molecule has 0 fully saturated rings. The van der Waals surface area contributed by atoms with Crippen LogP contribution in [0.1, 0.15) is 18.1 Å². The van der Waals surface area contributed by atoms with E-state index in [1.165, 1.54) is 0 Å². The lowest BCUT2D eigenvalue weighted by molar-refractivity contribution is 0.340. The Labute approximate surface area is 187 Å².